The van der Waals surface area contributed by atoms with Gasteiger partial charge in [-0.1, -0.05) is 74.5 Å². The number of amides is 3. The fourth-order valence-corrected chi connectivity index (χ4v) is 9.53. The van der Waals surface area contributed by atoms with E-state index in [0.29, 0.717) is 36.2 Å². The predicted molar refractivity (Wildman–Crippen MR) is 239 cm³/mol. The molecule has 9 rings (SSSR count). The van der Waals surface area contributed by atoms with Gasteiger partial charge in [-0.25, -0.2) is 4.98 Å². The highest BCUT2D eigenvalue weighted by molar-refractivity contribution is 6.01. The number of nitrogens with one attached hydrogen (secondary N) is 3. The van der Waals surface area contributed by atoms with E-state index in [0.717, 1.165) is 77.2 Å². The molecule has 1 saturated carbocycles. The first-order valence-corrected chi connectivity index (χ1v) is 22.0. The second-order valence-corrected chi connectivity index (χ2v) is 18.5. The number of aromatic nitrogens is 5. The molecule has 3 aliphatic rings. The summed E-state index contributed by atoms with van der Waals surface area (Å²) in [6.45, 7) is 15.1. The third kappa shape index (κ3) is 8.63. The molecule has 3 aromatic heterocycles. The van der Waals surface area contributed by atoms with E-state index in [1.807, 2.05) is 52.9 Å². The summed E-state index contributed by atoms with van der Waals surface area (Å²) in [5.74, 6) is 0.751. The molecular weight excluding hydrogens is 779 g/mol. The first kappa shape index (κ1) is 41.2. The van der Waals surface area contributed by atoms with Gasteiger partial charge in [0.2, 0.25) is 17.7 Å². The van der Waals surface area contributed by atoms with Crippen molar-refractivity contribution in [3.63, 3.8) is 0 Å². The number of hydrogen-bond acceptors (Lipinski definition) is 10. The van der Waals surface area contributed by atoms with Gasteiger partial charge >= 0.3 is 0 Å². The van der Waals surface area contributed by atoms with Gasteiger partial charge in [-0.2, -0.15) is 10.1 Å². The lowest BCUT2D eigenvalue weighted by molar-refractivity contribution is -0.134. The van der Waals surface area contributed by atoms with E-state index in [9.17, 15) is 14.4 Å². The Hall–Kier alpha value is -6.21. The molecule has 0 spiro atoms. The van der Waals surface area contributed by atoms with Crippen molar-refractivity contribution in [1.82, 2.24) is 40.9 Å². The van der Waals surface area contributed by atoms with Crippen LogP contribution in [0.1, 0.15) is 116 Å². The molecule has 2 aliphatic heterocycles. The van der Waals surface area contributed by atoms with Crippen molar-refractivity contribution in [1.29, 1.82) is 0 Å². The highest BCUT2D eigenvalue weighted by Gasteiger charge is 2.31. The third-order valence-electron chi connectivity index (χ3n) is 13.1. The van der Waals surface area contributed by atoms with Gasteiger partial charge in [0.1, 0.15) is 0 Å². The molecule has 320 valence electrons. The minimum absolute atomic E-state index is 0.0254. The molecule has 6 aromatic rings. The third-order valence-corrected chi connectivity index (χ3v) is 13.1. The monoisotopic (exact) mass is 833 g/mol. The van der Waals surface area contributed by atoms with Gasteiger partial charge in [0.25, 0.3) is 11.7 Å². The summed E-state index contributed by atoms with van der Waals surface area (Å²) < 4.78 is 5.32. The van der Waals surface area contributed by atoms with Crippen molar-refractivity contribution in [2.24, 2.45) is 5.92 Å². The Kier molecular flexibility index (Phi) is 11.2. The molecule has 0 radical (unpaired) electrons. The van der Waals surface area contributed by atoms with Crippen LogP contribution in [0, 0.1) is 12.8 Å². The molecule has 3 amide bonds. The van der Waals surface area contributed by atoms with E-state index in [2.05, 4.69) is 101 Å². The Labute approximate surface area is 362 Å². The number of carbonyl (C=O) groups excluding carboxylic acids is 3. The molecule has 2 saturated heterocycles. The van der Waals surface area contributed by atoms with Crippen LogP contribution in [-0.4, -0.2) is 80.7 Å². The molecule has 13 heteroatoms. The van der Waals surface area contributed by atoms with Crippen molar-refractivity contribution < 1.29 is 18.9 Å². The lowest BCUT2D eigenvalue weighted by atomic mass is 9.88. The van der Waals surface area contributed by atoms with E-state index in [4.69, 9.17) is 9.51 Å². The number of aryl methyl sites for hydroxylation is 1. The molecule has 3 fully saturated rings. The second kappa shape index (κ2) is 16.9. The largest absolute Gasteiger partial charge is 0.369 e. The number of anilines is 1. The fraction of sp³-hybridized carbons (Fsp3) is 0.408. The summed E-state index contributed by atoms with van der Waals surface area (Å²) in [5.41, 5.74) is 9.95. The van der Waals surface area contributed by atoms with Gasteiger partial charge in [-0.05, 0) is 103 Å². The minimum atomic E-state index is -0.380. The summed E-state index contributed by atoms with van der Waals surface area (Å²) in [5, 5.41) is 18.1. The van der Waals surface area contributed by atoms with Crippen LogP contribution in [0.2, 0.25) is 0 Å². The van der Waals surface area contributed by atoms with Crippen LogP contribution in [0.15, 0.2) is 83.5 Å². The number of piperazine rings is 1. The Balaban J connectivity index is 0.783. The number of aromatic amines is 1. The topological polar surface area (TPSA) is 162 Å². The van der Waals surface area contributed by atoms with Crippen molar-refractivity contribution in [2.75, 3.05) is 37.6 Å². The number of H-pyrrole nitrogens is 1. The average Bonchev–Trinajstić information content (AvgIpc) is 4.05. The van der Waals surface area contributed by atoms with Gasteiger partial charge in [0.15, 0.2) is 5.65 Å². The van der Waals surface area contributed by atoms with Gasteiger partial charge in [-0.15, -0.1) is 0 Å². The molecule has 5 heterocycles. The zero-order valence-electron chi connectivity index (χ0n) is 36.2. The number of nitrogens with zero attached hydrogens (tertiary/aromatic N) is 6. The first-order valence-electron chi connectivity index (χ1n) is 22.0. The summed E-state index contributed by atoms with van der Waals surface area (Å²) in [6.07, 6.45) is 6.54. The molecule has 3 unspecified atom stereocenters. The maximum absolute atomic E-state index is 13.0. The molecular formula is C49H55N9O4. The van der Waals surface area contributed by atoms with Crippen molar-refractivity contribution in [2.45, 2.75) is 90.0 Å². The Morgan fingerprint density at radius 2 is 1.65 bits per heavy atom. The van der Waals surface area contributed by atoms with E-state index in [1.165, 1.54) is 30.5 Å². The van der Waals surface area contributed by atoms with E-state index >= 15 is 0 Å². The molecule has 3 aromatic carbocycles. The van der Waals surface area contributed by atoms with Crippen LogP contribution in [0.3, 0.4) is 0 Å². The fourth-order valence-electron chi connectivity index (χ4n) is 9.53. The highest BCUT2D eigenvalue weighted by atomic mass is 16.5. The SMILES string of the molecule is Cc1cc(-c2[nH]nc3ncc(-c4ccc(N5CCN(CC6CCC(c7ccc(C8CCC(=O)NC8=O)cc7)C6)CC5)cc4)cc23)ccc1[C@@H](C)NC(=O)c1noc(C(C)(C)C)n1. The average molecular weight is 834 g/mol. The summed E-state index contributed by atoms with van der Waals surface area (Å²) in [7, 11) is 0. The molecule has 3 N–H and O–H groups in total. The first-order chi connectivity index (χ1) is 29.9. The molecule has 1 aliphatic carbocycles. The maximum Gasteiger partial charge on any atom is 0.293 e. The summed E-state index contributed by atoms with van der Waals surface area (Å²) in [6, 6.07) is 25.5. The van der Waals surface area contributed by atoms with Crippen molar-refractivity contribution in [3.8, 4) is 22.4 Å². The number of imide groups is 1. The Bertz CT molecular complexity index is 2600. The second-order valence-electron chi connectivity index (χ2n) is 18.5. The maximum atomic E-state index is 13.0. The Morgan fingerprint density at radius 3 is 2.35 bits per heavy atom. The number of carbonyl (C=O) groups is 3. The number of piperidine rings is 1. The van der Waals surface area contributed by atoms with E-state index < -0.39 is 0 Å². The quantitative estimate of drug-likeness (QED) is 0.115. The van der Waals surface area contributed by atoms with E-state index in [1.54, 1.807) is 0 Å². The highest BCUT2D eigenvalue weighted by Crippen LogP contribution is 2.40. The van der Waals surface area contributed by atoms with Gasteiger partial charge < -0.3 is 14.7 Å². The van der Waals surface area contributed by atoms with Gasteiger partial charge in [0, 0.05) is 73.0 Å². The zero-order valence-corrected chi connectivity index (χ0v) is 36.2. The van der Waals surface area contributed by atoms with Gasteiger partial charge in [0.05, 0.1) is 17.7 Å². The smallest absolute Gasteiger partial charge is 0.293 e. The molecule has 62 heavy (non-hydrogen) atoms. The number of rotatable bonds is 10. The van der Waals surface area contributed by atoms with E-state index in [-0.39, 0.29) is 40.9 Å². The van der Waals surface area contributed by atoms with Crippen LogP contribution in [0.5, 0.6) is 0 Å². The molecule has 13 nitrogen and oxygen atoms in total. The molecule has 4 atom stereocenters. The van der Waals surface area contributed by atoms with Crippen LogP contribution >= 0.6 is 0 Å². The summed E-state index contributed by atoms with van der Waals surface area (Å²) in [4.78, 5) is 51.0. The minimum Gasteiger partial charge on any atom is -0.369 e. The lowest BCUT2D eigenvalue weighted by Crippen LogP contribution is -2.47. The van der Waals surface area contributed by atoms with Crippen LogP contribution in [0.25, 0.3) is 33.4 Å². The number of pyridine rings is 1. The number of benzene rings is 3. The van der Waals surface area contributed by atoms with Gasteiger partial charge in [-0.3, -0.25) is 29.7 Å². The predicted octanol–water partition coefficient (Wildman–Crippen LogP) is 8.00. The van der Waals surface area contributed by atoms with Crippen LogP contribution in [0.4, 0.5) is 5.69 Å². The zero-order chi connectivity index (χ0) is 43.1. The summed E-state index contributed by atoms with van der Waals surface area (Å²) >= 11 is 0. The molecule has 0 bridgehead atoms. The van der Waals surface area contributed by atoms with Crippen LogP contribution in [-0.2, 0) is 15.0 Å². The van der Waals surface area contributed by atoms with Crippen LogP contribution < -0.4 is 15.5 Å². The standard InChI is InChI=1S/C49H55N9O4/c1-29-24-36(14-17-39(29)30(2)51-47(61)45-53-48(62-56-45)49(3,4)5)43-41-26-37(27-50-44(41)55-54-43)33-12-15-38(16-13-33)58-22-20-57(21-23-58)28-31-6-7-35(25-31)32-8-10-34(11-9-32)40-18-19-42(59)52-46(40)60/h8-17,24,26-27,30-31,35,40H,6-7,18-23,25,28H2,1-5H3,(H,51,61)(H,50,54,55)(H,52,59,60)/t30-,31?,35?,40?/m1/s1. The Morgan fingerprint density at radius 1 is 0.903 bits per heavy atom. The lowest BCUT2D eigenvalue weighted by Gasteiger charge is -2.37. The van der Waals surface area contributed by atoms with Crippen molar-refractivity contribution in [3.05, 3.63) is 113 Å². The number of fused-ring (bicyclic) bond motifs is 1. The van der Waals surface area contributed by atoms with Crippen molar-refractivity contribution >= 4 is 34.4 Å². The normalized spacial score (nSPS) is 20.4. The number of hydrogen-bond donors (Lipinski definition) is 3.